The van der Waals surface area contributed by atoms with E-state index in [2.05, 4.69) is 5.32 Å². The van der Waals surface area contributed by atoms with Crippen molar-refractivity contribution < 1.29 is 45.9 Å². The molecule has 43 heavy (non-hydrogen) atoms. The van der Waals surface area contributed by atoms with Gasteiger partial charge in [-0.3, -0.25) is 4.18 Å². The first-order chi connectivity index (χ1) is 20.2. The molecule has 0 aliphatic heterocycles. The normalized spacial score (nSPS) is 12.2. The van der Waals surface area contributed by atoms with Crippen LogP contribution in [-0.4, -0.2) is 54.5 Å². The lowest BCUT2D eigenvalue weighted by Gasteiger charge is -2.24. The van der Waals surface area contributed by atoms with Gasteiger partial charge in [-0.15, -0.1) is 0 Å². The Hall–Kier alpha value is -4.29. The number of benzene rings is 3. The van der Waals surface area contributed by atoms with Crippen molar-refractivity contribution in [2.75, 3.05) is 28.4 Å². The minimum Gasteiger partial charge on any atom is -0.497 e. The maximum absolute atomic E-state index is 13.0. The fraction of sp³-hybridized carbons (Fsp3) is 0.355. The zero-order valence-electron chi connectivity index (χ0n) is 25.5. The van der Waals surface area contributed by atoms with Gasteiger partial charge < -0.3 is 29.0 Å². The number of hydrogen-bond acceptors (Lipinski definition) is 10. The second kappa shape index (κ2) is 13.8. The van der Waals surface area contributed by atoms with Crippen molar-refractivity contribution in [1.82, 2.24) is 5.32 Å². The molecule has 3 aromatic rings. The third-order valence-corrected chi connectivity index (χ3v) is 7.49. The largest absolute Gasteiger partial charge is 0.497 e. The van der Waals surface area contributed by atoms with Crippen molar-refractivity contribution in [3.05, 3.63) is 71.3 Å². The minimum atomic E-state index is -4.13. The summed E-state index contributed by atoms with van der Waals surface area (Å²) < 4.78 is 58.6. The molecule has 0 bridgehead atoms. The highest BCUT2D eigenvalue weighted by Crippen LogP contribution is 2.43. The van der Waals surface area contributed by atoms with Gasteiger partial charge >= 0.3 is 12.1 Å². The van der Waals surface area contributed by atoms with E-state index < -0.39 is 33.8 Å². The molecule has 12 heteroatoms. The predicted octanol–water partition coefficient (Wildman–Crippen LogP) is 5.33. The van der Waals surface area contributed by atoms with Gasteiger partial charge in [0, 0.05) is 17.2 Å². The van der Waals surface area contributed by atoms with Gasteiger partial charge in [0.2, 0.25) is 0 Å². The Labute approximate surface area is 252 Å². The molecule has 0 heterocycles. The molecule has 0 spiro atoms. The fourth-order valence-corrected chi connectivity index (χ4v) is 5.07. The Kier molecular flexibility index (Phi) is 10.7. The number of carbonyl (C=O) groups excluding carboxylic acids is 2. The van der Waals surface area contributed by atoms with Crippen LogP contribution in [0.3, 0.4) is 0 Å². The van der Waals surface area contributed by atoms with Crippen LogP contribution in [0.1, 0.15) is 43.5 Å². The summed E-state index contributed by atoms with van der Waals surface area (Å²) in [5.41, 5.74) is 1.66. The summed E-state index contributed by atoms with van der Waals surface area (Å²) in [5, 5.41) is 2.55. The van der Waals surface area contributed by atoms with Crippen LogP contribution in [0.25, 0.3) is 11.1 Å². The number of methoxy groups -OCH3 is 4. The minimum absolute atomic E-state index is 0.00299. The first-order valence-corrected chi connectivity index (χ1v) is 14.6. The molecule has 11 nitrogen and oxygen atoms in total. The average molecular weight is 616 g/mol. The van der Waals surface area contributed by atoms with Gasteiger partial charge in [-0.05, 0) is 69.2 Å². The van der Waals surface area contributed by atoms with Crippen LogP contribution < -0.4 is 19.5 Å². The number of amides is 1. The zero-order chi connectivity index (χ0) is 31.9. The number of aryl methyl sites for hydroxylation is 1. The molecule has 0 saturated carbocycles. The van der Waals surface area contributed by atoms with E-state index in [4.69, 9.17) is 27.9 Å². The van der Waals surface area contributed by atoms with Gasteiger partial charge in [0.1, 0.15) is 22.8 Å². The summed E-state index contributed by atoms with van der Waals surface area (Å²) in [5.74, 6) is 0.337. The number of nitrogens with one attached hydrogen (secondary N) is 1. The Morgan fingerprint density at radius 3 is 2.07 bits per heavy atom. The van der Waals surface area contributed by atoms with E-state index in [0.29, 0.717) is 39.5 Å². The summed E-state index contributed by atoms with van der Waals surface area (Å²) in [7, 11) is 1.45. The summed E-state index contributed by atoms with van der Waals surface area (Å²) in [6.45, 7) is 6.56. The van der Waals surface area contributed by atoms with Crippen LogP contribution in [0, 0.1) is 6.92 Å². The number of alkyl carbamates (subject to hydrolysis) is 1. The van der Waals surface area contributed by atoms with Crippen LogP contribution in [0.5, 0.6) is 17.2 Å². The van der Waals surface area contributed by atoms with Gasteiger partial charge in [-0.2, -0.15) is 8.42 Å². The van der Waals surface area contributed by atoms with Gasteiger partial charge in [0.05, 0.1) is 39.9 Å². The quantitative estimate of drug-likeness (QED) is 0.223. The second-order valence-electron chi connectivity index (χ2n) is 10.5. The van der Waals surface area contributed by atoms with Crippen molar-refractivity contribution in [3.63, 3.8) is 0 Å². The van der Waals surface area contributed by atoms with Crippen molar-refractivity contribution in [1.29, 1.82) is 0 Å². The van der Waals surface area contributed by atoms with Crippen LogP contribution in [0.15, 0.2) is 59.5 Å². The number of hydrogen-bond donors (Lipinski definition) is 1. The Bertz CT molecular complexity index is 1560. The highest BCUT2D eigenvalue weighted by molar-refractivity contribution is 7.86. The molecular formula is C31H37NO10S. The monoisotopic (exact) mass is 615 g/mol. The molecular weight excluding hydrogens is 578 g/mol. The van der Waals surface area contributed by atoms with E-state index >= 15 is 0 Å². The maximum atomic E-state index is 13.0. The molecule has 3 aromatic carbocycles. The average Bonchev–Trinajstić information content (AvgIpc) is 2.96. The lowest BCUT2D eigenvalue weighted by atomic mass is 9.94. The molecule has 0 aliphatic rings. The number of carbonyl (C=O) groups is 2. The summed E-state index contributed by atoms with van der Waals surface area (Å²) in [4.78, 5) is 25.4. The van der Waals surface area contributed by atoms with Crippen molar-refractivity contribution in [2.24, 2.45) is 0 Å². The van der Waals surface area contributed by atoms with Crippen molar-refractivity contribution in [2.45, 2.75) is 50.8 Å². The van der Waals surface area contributed by atoms with Gasteiger partial charge in [-0.1, -0.05) is 23.8 Å². The molecule has 0 aromatic heterocycles. The Balaban J connectivity index is 2.15. The molecule has 1 N–H and O–H groups in total. The molecule has 0 unspecified atom stereocenters. The summed E-state index contributed by atoms with van der Waals surface area (Å²) in [6, 6.07) is 13.1. The predicted molar refractivity (Wildman–Crippen MR) is 159 cm³/mol. The second-order valence-corrected chi connectivity index (χ2v) is 12.1. The molecule has 1 amide bonds. The van der Waals surface area contributed by atoms with Gasteiger partial charge in [0.15, 0.2) is 6.04 Å². The fourth-order valence-electron chi connectivity index (χ4n) is 4.18. The van der Waals surface area contributed by atoms with Crippen LogP contribution in [0.4, 0.5) is 4.79 Å². The topological polar surface area (TPSA) is 136 Å². The maximum Gasteiger partial charge on any atom is 0.408 e. The number of ether oxygens (including phenoxy) is 5. The SMILES string of the molecule is COC(=O)[C@H](NC(=O)OC(C)(C)C)c1ccc(OC)c(-c2c(COS(=O)(=O)c3ccc(C)cc3)cc(OC)cc2OC)c1. The highest BCUT2D eigenvalue weighted by Gasteiger charge is 2.29. The van der Waals surface area contributed by atoms with E-state index in [9.17, 15) is 18.0 Å². The molecule has 232 valence electrons. The molecule has 0 fully saturated rings. The molecule has 3 rings (SSSR count). The standard InChI is InChI=1S/C31H37NO10S/c1-19-9-12-23(13-10-19)43(35,36)41-18-21-15-22(37-5)17-26(39-7)27(21)24-16-20(11-14-25(24)38-6)28(29(33)40-8)32-30(34)42-31(2,3)4/h9-17,28H,18H2,1-8H3,(H,32,34)/t28-/m1/s1. The first-order valence-electron chi connectivity index (χ1n) is 13.2. The van der Waals surface area contributed by atoms with E-state index in [1.54, 1.807) is 63.2 Å². The third kappa shape index (κ3) is 8.39. The van der Waals surface area contributed by atoms with E-state index in [-0.39, 0.29) is 11.5 Å². The number of rotatable bonds is 11. The van der Waals surface area contributed by atoms with Crippen LogP contribution in [0.2, 0.25) is 0 Å². The van der Waals surface area contributed by atoms with E-state index in [1.807, 2.05) is 6.92 Å². The van der Waals surface area contributed by atoms with Gasteiger partial charge in [0.25, 0.3) is 10.1 Å². The Morgan fingerprint density at radius 1 is 0.860 bits per heavy atom. The van der Waals surface area contributed by atoms with Crippen LogP contribution in [-0.2, 0) is 35.2 Å². The number of esters is 1. The molecule has 0 saturated heterocycles. The van der Waals surface area contributed by atoms with E-state index in [0.717, 1.165) is 5.56 Å². The first kappa shape index (κ1) is 33.2. The molecule has 0 aliphatic carbocycles. The van der Waals surface area contributed by atoms with E-state index in [1.165, 1.54) is 40.6 Å². The van der Waals surface area contributed by atoms with Crippen molar-refractivity contribution >= 4 is 22.2 Å². The summed E-state index contributed by atoms with van der Waals surface area (Å²) >= 11 is 0. The summed E-state index contributed by atoms with van der Waals surface area (Å²) in [6.07, 6.45) is -0.822. The highest BCUT2D eigenvalue weighted by atomic mass is 32.2. The lowest BCUT2D eigenvalue weighted by Crippen LogP contribution is -2.38. The smallest absolute Gasteiger partial charge is 0.408 e. The van der Waals surface area contributed by atoms with Crippen LogP contribution >= 0.6 is 0 Å². The van der Waals surface area contributed by atoms with Gasteiger partial charge in [-0.25, -0.2) is 9.59 Å². The zero-order valence-corrected chi connectivity index (χ0v) is 26.3. The molecule has 0 radical (unpaired) electrons. The third-order valence-electron chi connectivity index (χ3n) is 6.22. The Morgan fingerprint density at radius 2 is 1.51 bits per heavy atom. The van der Waals surface area contributed by atoms with Crippen molar-refractivity contribution in [3.8, 4) is 28.4 Å². The molecule has 1 atom stereocenters. The lowest BCUT2D eigenvalue weighted by molar-refractivity contribution is -0.143.